The Hall–Kier alpha value is -2.16. The first kappa shape index (κ1) is 8.17. The largest absolute Gasteiger partial charge is 0.421 e. The maximum atomic E-state index is 4.98. The van der Waals surface area contributed by atoms with Crippen LogP contribution in [0, 0.1) is 6.33 Å². The van der Waals surface area contributed by atoms with E-state index in [1.54, 1.807) is 0 Å². The normalized spacial score (nSPS) is 10.7. The van der Waals surface area contributed by atoms with Gasteiger partial charge < -0.3 is 9.40 Å². The zero-order chi connectivity index (χ0) is 10.1. The topological polar surface area (TPSA) is 106 Å². The quantitative estimate of drug-likeness (QED) is 0.656. The third kappa shape index (κ3) is 1.38. The van der Waals surface area contributed by atoms with Crippen molar-refractivity contribution in [2.24, 2.45) is 0 Å². The van der Waals surface area contributed by atoms with Crippen molar-refractivity contribution < 1.29 is 4.42 Å². The highest BCUT2D eigenvalue weighted by Crippen LogP contribution is 2.25. The summed E-state index contributed by atoms with van der Waals surface area (Å²) < 4.78 is 4.98. The van der Waals surface area contributed by atoms with Gasteiger partial charge in [-0.3, -0.25) is 0 Å². The molecule has 0 spiro atoms. The summed E-state index contributed by atoms with van der Waals surface area (Å²) >= 11 is 1.28. The van der Waals surface area contributed by atoms with Crippen molar-refractivity contribution in [3.05, 3.63) is 12.7 Å². The van der Waals surface area contributed by atoms with Crippen LogP contribution in [0.3, 0.4) is 0 Å². The molecule has 0 aliphatic rings. The number of aromatic nitrogens is 7. The van der Waals surface area contributed by atoms with Crippen LogP contribution in [0.4, 0.5) is 0 Å². The fourth-order valence-electron chi connectivity index (χ4n) is 0.946. The molecule has 15 heavy (non-hydrogen) atoms. The van der Waals surface area contributed by atoms with Crippen molar-refractivity contribution in [2.45, 2.75) is 0 Å². The van der Waals surface area contributed by atoms with E-state index in [1.165, 1.54) is 17.7 Å². The standard InChI is InChI=1S/C6H2N7OS/c1-7-3(10-8-1)5-12-13-6(15-5)4-11-9-2-14-4/h2H,(H,7,8,10). The van der Waals surface area contributed by atoms with Gasteiger partial charge in [-0.05, 0) is 0 Å². The molecule has 0 aromatic carbocycles. The monoisotopic (exact) mass is 220 g/mol. The smallest absolute Gasteiger partial charge is 0.278 e. The summed E-state index contributed by atoms with van der Waals surface area (Å²) in [6.07, 6.45) is 3.71. The molecule has 0 bridgehead atoms. The van der Waals surface area contributed by atoms with Gasteiger partial charge in [0.05, 0.1) is 0 Å². The van der Waals surface area contributed by atoms with Crippen molar-refractivity contribution in [3.8, 4) is 21.7 Å². The average molecular weight is 220 g/mol. The lowest BCUT2D eigenvalue weighted by atomic mass is 10.7. The predicted molar refractivity (Wildman–Crippen MR) is 47.4 cm³/mol. The van der Waals surface area contributed by atoms with Crippen molar-refractivity contribution in [1.29, 1.82) is 0 Å². The molecule has 1 N–H and O–H groups in total. The highest BCUT2D eigenvalue weighted by atomic mass is 32.1. The maximum absolute atomic E-state index is 4.98. The summed E-state index contributed by atoms with van der Waals surface area (Å²) in [4.78, 5) is 2.71. The highest BCUT2D eigenvalue weighted by molar-refractivity contribution is 7.17. The zero-order valence-corrected chi connectivity index (χ0v) is 7.89. The molecule has 3 heterocycles. The fourth-order valence-corrected chi connectivity index (χ4v) is 1.66. The van der Waals surface area contributed by atoms with Gasteiger partial charge >= 0.3 is 0 Å². The van der Waals surface area contributed by atoms with Crippen LogP contribution in [0.5, 0.6) is 0 Å². The SMILES string of the molecule is [c]1nnc(-c2nnc(-c3nnco3)s2)[nH]1. The van der Waals surface area contributed by atoms with E-state index in [4.69, 9.17) is 4.42 Å². The van der Waals surface area contributed by atoms with Crippen molar-refractivity contribution in [2.75, 3.05) is 0 Å². The molecule has 73 valence electrons. The Morgan fingerprint density at radius 3 is 2.87 bits per heavy atom. The first-order valence-electron chi connectivity index (χ1n) is 3.82. The molecule has 0 saturated heterocycles. The predicted octanol–water partition coefficient (Wildman–Crippen LogP) is 0.173. The van der Waals surface area contributed by atoms with Crippen LogP contribution in [-0.4, -0.2) is 35.6 Å². The second-order valence-electron chi connectivity index (χ2n) is 2.44. The lowest BCUT2D eigenvalue weighted by Crippen LogP contribution is -1.79. The summed E-state index contributed by atoms with van der Waals surface area (Å²) in [7, 11) is 0. The number of nitrogens with zero attached hydrogens (tertiary/aromatic N) is 6. The number of hydrogen-bond donors (Lipinski definition) is 1. The van der Waals surface area contributed by atoms with Gasteiger partial charge in [0.15, 0.2) is 17.2 Å². The Bertz CT molecular complexity index is 493. The van der Waals surface area contributed by atoms with E-state index >= 15 is 0 Å². The molecule has 0 unspecified atom stereocenters. The van der Waals surface area contributed by atoms with Crippen LogP contribution in [-0.2, 0) is 0 Å². The molecule has 1 radical (unpaired) electrons. The van der Waals surface area contributed by atoms with Crippen LogP contribution < -0.4 is 0 Å². The van der Waals surface area contributed by atoms with E-state index in [2.05, 4.69) is 41.9 Å². The van der Waals surface area contributed by atoms with E-state index in [1.807, 2.05) is 0 Å². The molecule has 0 aliphatic heterocycles. The van der Waals surface area contributed by atoms with Crippen LogP contribution in [0.2, 0.25) is 0 Å². The lowest BCUT2D eigenvalue weighted by Gasteiger charge is -1.81. The summed E-state index contributed by atoms with van der Waals surface area (Å²) in [5.41, 5.74) is 0. The molecule has 0 saturated carbocycles. The summed E-state index contributed by atoms with van der Waals surface area (Å²) in [5.74, 6) is 0.848. The average Bonchev–Trinajstić information content (AvgIpc) is 3.02. The minimum absolute atomic E-state index is 0.335. The zero-order valence-electron chi connectivity index (χ0n) is 7.08. The van der Waals surface area contributed by atoms with E-state index in [0.717, 1.165) is 0 Å². The molecular formula is C6H2N7OS. The Labute approximate surface area is 86.4 Å². The number of aromatic amines is 1. The number of rotatable bonds is 2. The van der Waals surface area contributed by atoms with Crippen LogP contribution in [0.15, 0.2) is 10.8 Å². The molecule has 3 aromatic heterocycles. The molecule has 3 rings (SSSR count). The van der Waals surface area contributed by atoms with Gasteiger partial charge in [-0.2, -0.15) is 0 Å². The summed E-state index contributed by atoms with van der Waals surface area (Å²) in [5, 5.41) is 23.5. The summed E-state index contributed by atoms with van der Waals surface area (Å²) in [6, 6.07) is 0. The maximum Gasteiger partial charge on any atom is 0.278 e. The second-order valence-corrected chi connectivity index (χ2v) is 3.42. The Balaban J connectivity index is 2.02. The van der Waals surface area contributed by atoms with E-state index in [-0.39, 0.29) is 0 Å². The van der Waals surface area contributed by atoms with Crippen molar-refractivity contribution in [1.82, 2.24) is 35.6 Å². The molecule has 0 aliphatic carbocycles. The molecular weight excluding hydrogens is 218 g/mol. The van der Waals surface area contributed by atoms with E-state index in [0.29, 0.717) is 21.7 Å². The molecule has 3 aromatic rings. The molecule has 0 atom stereocenters. The minimum atomic E-state index is 0.335. The van der Waals surface area contributed by atoms with Crippen LogP contribution in [0.1, 0.15) is 0 Å². The van der Waals surface area contributed by atoms with Gasteiger partial charge in [0.1, 0.15) is 0 Å². The Kier molecular flexibility index (Phi) is 1.75. The van der Waals surface area contributed by atoms with Gasteiger partial charge in [0.25, 0.3) is 5.89 Å². The molecule has 9 heteroatoms. The Morgan fingerprint density at radius 2 is 2.13 bits per heavy atom. The molecule has 8 nitrogen and oxygen atoms in total. The lowest BCUT2D eigenvalue weighted by molar-refractivity contribution is 0.567. The van der Waals surface area contributed by atoms with E-state index < -0.39 is 0 Å². The van der Waals surface area contributed by atoms with Crippen molar-refractivity contribution >= 4 is 11.3 Å². The first-order valence-corrected chi connectivity index (χ1v) is 4.64. The van der Waals surface area contributed by atoms with Gasteiger partial charge in [0.2, 0.25) is 11.4 Å². The fraction of sp³-hybridized carbons (Fsp3) is 0. The van der Waals surface area contributed by atoms with Gasteiger partial charge in [-0.15, -0.1) is 30.6 Å². The van der Waals surface area contributed by atoms with Gasteiger partial charge in [-0.1, -0.05) is 11.3 Å². The highest BCUT2D eigenvalue weighted by Gasteiger charge is 2.13. The first-order chi connectivity index (χ1) is 7.43. The van der Waals surface area contributed by atoms with Gasteiger partial charge in [-0.25, -0.2) is 0 Å². The number of nitrogens with one attached hydrogen (secondary N) is 1. The van der Waals surface area contributed by atoms with Crippen LogP contribution >= 0.6 is 11.3 Å². The second kappa shape index (κ2) is 3.20. The number of hydrogen-bond acceptors (Lipinski definition) is 8. The summed E-state index contributed by atoms with van der Waals surface area (Å²) in [6.45, 7) is 0. The van der Waals surface area contributed by atoms with Crippen LogP contribution in [0.25, 0.3) is 21.7 Å². The molecule has 0 amide bonds. The molecule has 0 fully saturated rings. The third-order valence-electron chi connectivity index (χ3n) is 1.54. The third-order valence-corrected chi connectivity index (χ3v) is 2.46. The Morgan fingerprint density at radius 1 is 1.20 bits per heavy atom. The van der Waals surface area contributed by atoms with Crippen molar-refractivity contribution in [3.63, 3.8) is 0 Å². The number of H-pyrrole nitrogens is 1. The van der Waals surface area contributed by atoms with Gasteiger partial charge in [0, 0.05) is 0 Å². The van der Waals surface area contributed by atoms with E-state index in [9.17, 15) is 0 Å². The minimum Gasteiger partial charge on any atom is -0.421 e.